The highest BCUT2D eigenvalue weighted by Crippen LogP contribution is 2.36. The van der Waals surface area contributed by atoms with Crippen LogP contribution in [0.15, 0.2) is 58.3 Å². The quantitative estimate of drug-likeness (QED) is 0.124. The number of esters is 1. The molecule has 0 fully saturated rings. The molecule has 0 aromatic heterocycles. The van der Waals surface area contributed by atoms with Crippen molar-refractivity contribution >= 4 is 41.4 Å². The third-order valence-corrected chi connectivity index (χ3v) is 6.80. The number of carbonyl (C=O) groups excluding carboxylic acids is 3. The Balaban J connectivity index is 2.31. The fourth-order valence-corrected chi connectivity index (χ4v) is 4.33. The molecule has 2 aromatic carbocycles. The van der Waals surface area contributed by atoms with Crippen LogP contribution in [0.1, 0.15) is 22.8 Å². The fraction of sp³-hybridized carbons (Fsp3) is 0.346. The molecule has 1 atom stereocenters. The largest absolute Gasteiger partial charge is 0.496 e. The Morgan fingerprint density at radius 3 is 2.14 bits per heavy atom. The SMILES string of the molecule is C=C(C)C(=O)OCCNC(=O)OCC(O)(C(=O)c1ccc(SC)c(OC)c1)c1ccc(SC)c(OC)c1. The van der Waals surface area contributed by atoms with Gasteiger partial charge in [-0.1, -0.05) is 12.6 Å². The van der Waals surface area contributed by atoms with E-state index in [0.29, 0.717) is 11.5 Å². The van der Waals surface area contributed by atoms with Crippen LogP contribution in [0.4, 0.5) is 4.79 Å². The maximum absolute atomic E-state index is 13.7. The van der Waals surface area contributed by atoms with Gasteiger partial charge in [0.05, 0.1) is 20.8 Å². The number of nitrogens with one attached hydrogen (secondary N) is 1. The predicted octanol–water partition coefficient (Wildman–Crippen LogP) is 4.06. The molecule has 11 heteroatoms. The highest BCUT2D eigenvalue weighted by Gasteiger charge is 2.41. The molecule has 0 saturated carbocycles. The zero-order valence-corrected chi connectivity index (χ0v) is 23.0. The van der Waals surface area contributed by atoms with Gasteiger partial charge in [-0.15, -0.1) is 23.5 Å². The standard InChI is InChI=1S/C26H31NO8S2/c1-16(2)24(29)34-12-11-27-25(30)35-15-26(31,18-8-10-22(37-6)20(14-18)33-4)23(28)17-7-9-21(36-5)19(13-17)32-3/h7-10,13-14,31H,1,11-12,15H2,2-6H3,(H,27,30). The lowest BCUT2D eigenvalue weighted by Gasteiger charge is -2.28. The number of alkyl carbamates (subject to hydrolysis) is 1. The van der Waals surface area contributed by atoms with Gasteiger partial charge in [-0.2, -0.15) is 0 Å². The average Bonchev–Trinajstić information content (AvgIpc) is 2.92. The number of ketones is 1. The minimum Gasteiger partial charge on any atom is -0.496 e. The van der Waals surface area contributed by atoms with Crippen LogP contribution in [0.25, 0.3) is 0 Å². The summed E-state index contributed by atoms with van der Waals surface area (Å²) in [6.07, 6.45) is 2.84. The van der Waals surface area contributed by atoms with Gasteiger partial charge in [0.1, 0.15) is 24.7 Å². The highest BCUT2D eigenvalue weighted by molar-refractivity contribution is 7.99. The number of aliphatic hydroxyl groups is 1. The van der Waals surface area contributed by atoms with E-state index >= 15 is 0 Å². The van der Waals surface area contributed by atoms with Crippen LogP contribution < -0.4 is 14.8 Å². The van der Waals surface area contributed by atoms with Gasteiger partial charge in [-0.25, -0.2) is 9.59 Å². The molecular formula is C26H31NO8S2. The van der Waals surface area contributed by atoms with E-state index in [-0.39, 0.29) is 29.9 Å². The van der Waals surface area contributed by atoms with Crippen molar-refractivity contribution in [2.45, 2.75) is 22.3 Å². The molecule has 0 radical (unpaired) electrons. The maximum atomic E-state index is 13.7. The Kier molecular flexibility index (Phi) is 11.4. The molecule has 0 aliphatic rings. The van der Waals surface area contributed by atoms with Crippen molar-refractivity contribution in [1.29, 1.82) is 0 Å². The summed E-state index contributed by atoms with van der Waals surface area (Å²) >= 11 is 2.89. The number of methoxy groups -OCH3 is 2. The molecule has 1 unspecified atom stereocenters. The number of benzene rings is 2. The third kappa shape index (κ3) is 7.67. The molecule has 0 heterocycles. The lowest BCUT2D eigenvalue weighted by molar-refractivity contribution is -0.138. The van der Waals surface area contributed by atoms with Crippen molar-refractivity contribution in [3.8, 4) is 11.5 Å². The number of thioether (sulfide) groups is 2. The summed E-state index contributed by atoms with van der Waals surface area (Å²) in [5.41, 5.74) is -1.65. The molecule has 37 heavy (non-hydrogen) atoms. The van der Waals surface area contributed by atoms with Crippen molar-refractivity contribution in [3.05, 3.63) is 59.7 Å². The molecule has 0 spiro atoms. The Labute approximate surface area is 224 Å². The van der Waals surface area contributed by atoms with Crippen LogP contribution in [-0.4, -0.2) is 69.4 Å². The monoisotopic (exact) mass is 549 g/mol. The number of Topliss-reactive ketones (excluding diaryl/α,β-unsaturated/α-hetero) is 1. The number of ether oxygens (including phenoxy) is 4. The summed E-state index contributed by atoms with van der Waals surface area (Å²) in [4.78, 5) is 39.0. The second-order valence-corrected chi connectivity index (χ2v) is 9.44. The summed E-state index contributed by atoms with van der Waals surface area (Å²) in [6.45, 7) is 4.17. The van der Waals surface area contributed by atoms with Gasteiger partial charge in [-0.3, -0.25) is 4.79 Å². The molecule has 200 valence electrons. The molecule has 0 aliphatic carbocycles. The Morgan fingerprint density at radius 1 is 0.973 bits per heavy atom. The van der Waals surface area contributed by atoms with E-state index in [9.17, 15) is 19.5 Å². The summed E-state index contributed by atoms with van der Waals surface area (Å²) in [5, 5.41) is 14.1. The van der Waals surface area contributed by atoms with E-state index in [4.69, 9.17) is 18.9 Å². The number of hydrogen-bond donors (Lipinski definition) is 2. The normalized spacial score (nSPS) is 12.2. The van der Waals surface area contributed by atoms with Crippen LogP contribution in [0, 0.1) is 0 Å². The van der Waals surface area contributed by atoms with Crippen LogP contribution in [0.2, 0.25) is 0 Å². The Hall–Kier alpha value is -3.15. The van der Waals surface area contributed by atoms with E-state index in [1.165, 1.54) is 56.8 Å². The molecule has 0 aliphatic heterocycles. The first-order valence-electron chi connectivity index (χ1n) is 11.1. The van der Waals surface area contributed by atoms with Gasteiger partial charge < -0.3 is 29.4 Å². The molecular weight excluding hydrogens is 518 g/mol. The number of carbonyl (C=O) groups is 3. The first-order valence-corrected chi connectivity index (χ1v) is 13.5. The minimum atomic E-state index is -2.24. The predicted molar refractivity (Wildman–Crippen MR) is 143 cm³/mol. The number of hydrogen-bond acceptors (Lipinski definition) is 10. The van der Waals surface area contributed by atoms with Crippen molar-refractivity contribution in [2.24, 2.45) is 0 Å². The van der Waals surface area contributed by atoms with Crippen LogP contribution in [-0.2, 0) is 19.9 Å². The molecule has 0 bridgehead atoms. The van der Waals surface area contributed by atoms with Crippen molar-refractivity contribution in [3.63, 3.8) is 0 Å². The zero-order chi connectivity index (χ0) is 27.6. The summed E-state index contributed by atoms with van der Waals surface area (Å²) in [7, 11) is 2.97. The summed E-state index contributed by atoms with van der Waals surface area (Å²) in [6, 6.07) is 9.65. The Morgan fingerprint density at radius 2 is 1.57 bits per heavy atom. The van der Waals surface area contributed by atoms with Gasteiger partial charge >= 0.3 is 12.1 Å². The molecule has 0 saturated heterocycles. The first-order chi connectivity index (χ1) is 17.6. The van der Waals surface area contributed by atoms with E-state index in [2.05, 4.69) is 11.9 Å². The summed E-state index contributed by atoms with van der Waals surface area (Å²) < 4.78 is 20.9. The average molecular weight is 550 g/mol. The van der Waals surface area contributed by atoms with Gasteiger partial charge in [0.15, 0.2) is 5.60 Å². The van der Waals surface area contributed by atoms with E-state index < -0.39 is 30.1 Å². The highest BCUT2D eigenvalue weighted by atomic mass is 32.2. The molecule has 2 N–H and O–H groups in total. The van der Waals surface area contributed by atoms with Gasteiger partial charge in [0, 0.05) is 20.9 Å². The third-order valence-electron chi connectivity index (χ3n) is 5.25. The van der Waals surface area contributed by atoms with Gasteiger partial charge in [0.2, 0.25) is 5.78 Å². The Bertz CT molecular complexity index is 1150. The molecule has 2 aromatic rings. The van der Waals surface area contributed by atoms with E-state index in [1.54, 1.807) is 24.3 Å². The van der Waals surface area contributed by atoms with Crippen molar-refractivity contribution in [1.82, 2.24) is 5.32 Å². The zero-order valence-electron chi connectivity index (χ0n) is 21.4. The van der Waals surface area contributed by atoms with Crippen molar-refractivity contribution < 1.29 is 38.4 Å². The van der Waals surface area contributed by atoms with Gasteiger partial charge in [-0.05, 0) is 55.3 Å². The fourth-order valence-electron chi connectivity index (χ4n) is 3.23. The van der Waals surface area contributed by atoms with Crippen LogP contribution >= 0.6 is 23.5 Å². The molecule has 9 nitrogen and oxygen atoms in total. The van der Waals surface area contributed by atoms with Crippen LogP contribution in [0.3, 0.4) is 0 Å². The second kappa shape index (κ2) is 14.0. The van der Waals surface area contributed by atoms with Crippen LogP contribution in [0.5, 0.6) is 11.5 Å². The van der Waals surface area contributed by atoms with Crippen molar-refractivity contribution in [2.75, 3.05) is 46.5 Å². The first kappa shape index (κ1) is 30.1. The molecule has 1 amide bonds. The lowest BCUT2D eigenvalue weighted by atomic mass is 9.86. The number of amides is 1. The summed E-state index contributed by atoms with van der Waals surface area (Å²) in [5.74, 6) is -0.351. The second-order valence-electron chi connectivity index (χ2n) is 7.75. The number of rotatable bonds is 13. The smallest absolute Gasteiger partial charge is 0.407 e. The minimum absolute atomic E-state index is 0.0339. The van der Waals surface area contributed by atoms with Gasteiger partial charge in [0.25, 0.3) is 0 Å². The van der Waals surface area contributed by atoms with E-state index in [1.807, 2.05) is 12.5 Å². The topological polar surface area (TPSA) is 120 Å². The van der Waals surface area contributed by atoms with E-state index in [0.717, 1.165) is 9.79 Å². The lowest BCUT2D eigenvalue weighted by Crippen LogP contribution is -2.43. The molecule has 2 rings (SSSR count). The maximum Gasteiger partial charge on any atom is 0.407 e.